The summed E-state index contributed by atoms with van der Waals surface area (Å²) in [5.41, 5.74) is 5.48. The van der Waals surface area contributed by atoms with Crippen LogP contribution in [0.4, 0.5) is 0 Å². The normalized spacial score (nSPS) is 22.1. The first-order valence-corrected chi connectivity index (χ1v) is 7.17. The molecule has 114 valence electrons. The predicted octanol–water partition coefficient (Wildman–Crippen LogP) is -0.142. The second-order valence-electron chi connectivity index (χ2n) is 5.34. The minimum atomic E-state index is -0.599. The van der Waals surface area contributed by atoms with Crippen LogP contribution in [0.2, 0.25) is 0 Å². The zero-order valence-corrected chi connectivity index (χ0v) is 11.7. The zero-order chi connectivity index (χ0) is 14.8. The number of carbonyl (C=O) groups excluding carboxylic acids is 2. The highest BCUT2D eigenvalue weighted by molar-refractivity contribution is 5.96. The van der Waals surface area contributed by atoms with Crippen molar-refractivity contribution in [1.82, 2.24) is 10.2 Å². The van der Waals surface area contributed by atoms with Crippen LogP contribution in [-0.4, -0.2) is 48.6 Å². The van der Waals surface area contributed by atoms with E-state index in [2.05, 4.69) is 5.32 Å². The molecule has 3 rings (SSSR count). The monoisotopic (exact) mass is 293 g/mol. The van der Waals surface area contributed by atoms with Crippen LogP contribution in [0.25, 0.3) is 0 Å². The van der Waals surface area contributed by atoms with Crippen LogP contribution in [0.5, 0.6) is 0 Å². The van der Waals surface area contributed by atoms with Crippen molar-refractivity contribution >= 4 is 11.8 Å². The van der Waals surface area contributed by atoms with Crippen molar-refractivity contribution in [1.29, 1.82) is 0 Å². The molecule has 1 atom stereocenters. The van der Waals surface area contributed by atoms with Gasteiger partial charge in [-0.1, -0.05) is 0 Å². The molecule has 1 aliphatic heterocycles. The lowest BCUT2D eigenvalue weighted by atomic mass is 10.2. The molecule has 2 heterocycles. The molecule has 1 aromatic rings. The van der Waals surface area contributed by atoms with E-state index in [1.54, 1.807) is 12.1 Å². The Morgan fingerprint density at radius 2 is 2.19 bits per heavy atom. The van der Waals surface area contributed by atoms with Crippen LogP contribution in [0.3, 0.4) is 0 Å². The van der Waals surface area contributed by atoms with Crippen molar-refractivity contribution in [2.45, 2.75) is 31.5 Å². The second-order valence-corrected chi connectivity index (χ2v) is 5.34. The first-order valence-electron chi connectivity index (χ1n) is 7.17. The summed E-state index contributed by atoms with van der Waals surface area (Å²) in [4.78, 5) is 26.2. The fourth-order valence-corrected chi connectivity index (χ4v) is 2.33. The molecule has 7 heteroatoms. The van der Waals surface area contributed by atoms with Gasteiger partial charge in [-0.3, -0.25) is 9.59 Å². The lowest BCUT2D eigenvalue weighted by molar-refractivity contribution is -0.130. The van der Waals surface area contributed by atoms with E-state index in [0.29, 0.717) is 18.9 Å². The van der Waals surface area contributed by atoms with Crippen molar-refractivity contribution in [3.8, 4) is 0 Å². The van der Waals surface area contributed by atoms with E-state index in [1.807, 2.05) is 0 Å². The fourth-order valence-electron chi connectivity index (χ4n) is 2.33. The molecule has 0 bridgehead atoms. The summed E-state index contributed by atoms with van der Waals surface area (Å²) in [6.07, 6.45) is 2.01. The van der Waals surface area contributed by atoms with E-state index in [0.717, 1.165) is 12.8 Å². The van der Waals surface area contributed by atoms with Gasteiger partial charge in [0.05, 0.1) is 19.8 Å². The number of rotatable bonds is 4. The molecule has 2 aliphatic rings. The third-order valence-corrected chi connectivity index (χ3v) is 3.69. The van der Waals surface area contributed by atoms with E-state index < -0.39 is 6.04 Å². The van der Waals surface area contributed by atoms with Gasteiger partial charge in [-0.2, -0.15) is 0 Å². The number of nitrogens with zero attached hydrogens (tertiary/aromatic N) is 1. The topological polar surface area (TPSA) is 97.8 Å². The summed E-state index contributed by atoms with van der Waals surface area (Å²) in [6, 6.07) is 2.92. The Hall–Kier alpha value is -1.86. The Balaban J connectivity index is 1.73. The average Bonchev–Trinajstić information content (AvgIpc) is 3.19. The lowest BCUT2D eigenvalue weighted by Crippen LogP contribution is -2.56. The Morgan fingerprint density at radius 1 is 1.38 bits per heavy atom. The maximum absolute atomic E-state index is 12.5. The molecule has 0 radical (unpaired) electrons. The number of nitrogens with two attached hydrogens (primary N) is 1. The molecule has 0 spiro atoms. The van der Waals surface area contributed by atoms with E-state index in [1.165, 1.54) is 4.90 Å². The summed E-state index contributed by atoms with van der Waals surface area (Å²) >= 11 is 0. The van der Waals surface area contributed by atoms with E-state index in [4.69, 9.17) is 14.9 Å². The number of nitrogens with one attached hydrogen (secondary N) is 1. The summed E-state index contributed by atoms with van der Waals surface area (Å²) in [7, 11) is 0. The van der Waals surface area contributed by atoms with Crippen LogP contribution >= 0.6 is 0 Å². The number of morpholine rings is 1. The number of hydrogen-bond donors (Lipinski definition) is 2. The van der Waals surface area contributed by atoms with Gasteiger partial charge in [-0.05, 0) is 25.0 Å². The number of hydrogen-bond acceptors (Lipinski definition) is 5. The number of amides is 2. The van der Waals surface area contributed by atoms with Crippen molar-refractivity contribution in [2.24, 2.45) is 5.73 Å². The van der Waals surface area contributed by atoms with Gasteiger partial charge in [0.2, 0.25) is 5.91 Å². The first kappa shape index (κ1) is 14.1. The van der Waals surface area contributed by atoms with Gasteiger partial charge in [0, 0.05) is 12.6 Å². The second kappa shape index (κ2) is 5.87. The third-order valence-electron chi connectivity index (χ3n) is 3.69. The third kappa shape index (κ3) is 3.08. The van der Waals surface area contributed by atoms with Crippen LogP contribution in [0.15, 0.2) is 16.5 Å². The standard InChI is InChI=1S/C14H19N3O4/c15-7-10-3-4-12(21-10)14(19)17-5-6-20-8-11(17)13(18)16-9-1-2-9/h3-4,9,11H,1-2,5-8,15H2,(H,16,18). The molecule has 1 aromatic heterocycles. The van der Waals surface area contributed by atoms with Gasteiger partial charge in [0.25, 0.3) is 5.91 Å². The molecule has 2 fully saturated rings. The summed E-state index contributed by atoms with van der Waals surface area (Å²) in [5.74, 6) is 0.303. The first-order chi connectivity index (χ1) is 10.2. The van der Waals surface area contributed by atoms with Crippen LogP contribution < -0.4 is 11.1 Å². The highest BCUT2D eigenvalue weighted by Crippen LogP contribution is 2.20. The maximum Gasteiger partial charge on any atom is 0.290 e. The molecule has 21 heavy (non-hydrogen) atoms. The number of furan rings is 1. The van der Waals surface area contributed by atoms with Gasteiger partial charge in [-0.15, -0.1) is 0 Å². The average molecular weight is 293 g/mol. The highest BCUT2D eigenvalue weighted by atomic mass is 16.5. The molecular formula is C14H19N3O4. The fraction of sp³-hybridized carbons (Fsp3) is 0.571. The molecule has 0 aromatic carbocycles. The predicted molar refractivity (Wildman–Crippen MR) is 73.4 cm³/mol. The quantitative estimate of drug-likeness (QED) is 0.805. The molecule has 1 aliphatic carbocycles. The minimum absolute atomic E-state index is 0.156. The summed E-state index contributed by atoms with van der Waals surface area (Å²) in [5, 5.41) is 2.91. The van der Waals surface area contributed by atoms with Gasteiger partial charge >= 0.3 is 0 Å². The van der Waals surface area contributed by atoms with Crippen molar-refractivity contribution in [2.75, 3.05) is 19.8 Å². The number of ether oxygens (including phenoxy) is 1. The lowest BCUT2D eigenvalue weighted by Gasteiger charge is -2.34. The van der Waals surface area contributed by atoms with Gasteiger partial charge in [-0.25, -0.2) is 0 Å². The summed E-state index contributed by atoms with van der Waals surface area (Å²) < 4.78 is 10.7. The Kier molecular flexibility index (Phi) is 3.94. The highest BCUT2D eigenvalue weighted by Gasteiger charge is 2.36. The van der Waals surface area contributed by atoms with Crippen molar-refractivity contribution in [3.05, 3.63) is 23.7 Å². The van der Waals surface area contributed by atoms with Gasteiger partial charge < -0.3 is 25.1 Å². The zero-order valence-electron chi connectivity index (χ0n) is 11.7. The van der Waals surface area contributed by atoms with Gasteiger partial charge in [0.1, 0.15) is 11.8 Å². The largest absolute Gasteiger partial charge is 0.455 e. The maximum atomic E-state index is 12.5. The van der Waals surface area contributed by atoms with Crippen molar-refractivity contribution in [3.63, 3.8) is 0 Å². The Bertz CT molecular complexity index is 538. The van der Waals surface area contributed by atoms with Crippen LogP contribution in [0, 0.1) is 0 Å². The molecular weight excluding hydrogens is 274 g/mol. The van der Waals surface area contributed by atoms with Crippen LogP contribution in [0.1, 0.15) is 29.2 Å². The van der Waals surface area contributed by atoms with E-state index >= 15 is 0 Å². The molecule has 1 saturated heterocycles. The number of carbonyl (C=O) groups is 2. The molecule has 1 saturated carbocycles. The minimum Gasteiger partial charge on any atom is -0.455 e. The molecule has 2 amide bonds. The van der Waals surface area contributed by atoms with Crippen LogP contribution in [-0.2, 0) is 16.1 Å². The van der Waals surface area contributed by atoms with Gasteiger partial charge in [0.15, 0.2) is 5.76 Å². The van der Waals surface area contributed by atoms with E-state index in [9.17, 15) is 9.59 Å². The summed E-state index contributed by atoms with van der Waals surface area (Å²) in [6.45, 7) is 1.25. The SMILES string of the molecule is NCc1ccc(C(=O)N2CCOCC2C(=O)NC2CC2)o1. The van der Waals surface area contributed by atoms with E-state index in [-0.39, 0.29) is 36.8 Å². The Labute approximate surface area is 122 Å². The molecule has 7 nitrogen and oxygen atoms in total. The Morgan fingerprint density at radius 3 is 2.86 bits per heavy atom. The molecule has 1 unspecified atom stereocenters. The smallest absolute Gasteiger partial charge is 0.290 e. The van der Waals surface area contributed by atoms with Crippen molar-refractivity contribution < 1.29 is 18.7 Å². The molecule has 3 N–H and O–H groups in total.